The molecule has 10 aromatic rings. The van der Waals surface area contributed by atoms with E-state index in [1.807, 2.05) is 18.2 Å². The van der Waals surface area contributed by atoms with Crippen molar-refractivity contribution in [3.8, 4) is 45.5 Å². The van der Waals surface area contributed by atoms with E-state index in [1.165, 1.54) is 38.5 Å². The Kier molecular flexibility index (Phi) is 6.23. The van der Waals surface area contributed by atoms with Crippen molar-refractivity contribution in [2.75, 3.05) is 0 Å². The minimum Gasteiger partial charge on any atom is -0.308 e. The van der Waals surface area contributed by atoms with Crippen molar-refractivity contribution < 1.29 is 0 Å². The highest BCUT2D eigenvalue weighted by atomic mass is 15.2. The number of hydrogen-bond donors (Lipinski definition) is 0. The smallest absolute Gasteiger partial charge is 0.238 e. The average Bonchev–Trinajstić information content (AvgIpc) is 3.81. The fourth-order valence-corrected chi connectivity index (χ4v) is 8.86. The molecule has 3 aromatic heterocycles. The number of nitrogens with zero attached hydrogens (tertiary/aromatic N) is 5. The lowest BCUT2D eigenvalue weighted by atomic mass is 9.81. The van der Waals surface area contributed by atoms with Crippen LogP contribution in [0.2, 0.25) is 0 Å². The molecule has 0 radical (unpaired) electrons. The number of hydrogen-bond acceptors (Lipinski definition) is 3. The first kappa shape index (κ1) is 29.8. The van der Waals surface area contributed by atoms with Crippen molar-refractivity contribution in [1.82, 2.24) is 24.1 Å². The zero-order valence-corrected chi connectivity index (χ0v) is 29.3. The van der Waals surface area contributed by atoms with Gasteiger partial charge in [0.05, 0.1) is 27.8 Å². The molecule has 0 fully saturated rings. The standard InChI is InChI=1S/C48H33N5/c1-48(2)38-23-11-6-18-31(38)35-28-29-36-34-21-9-12-24-39(34)52(44(36)43(35)48)42-27-15-10-22-37(42)46-49-45(30-16-4-3-5-17-30)50-47(51-46)53-40-25-13-7-19-32(40)33-20-8-14-26-41(33)53/h3-29H,1-2H3. The van der Waals surface area contributed by atoms with Gasteiger partial charge in [0.15, 0.2) is 11.6 Å². The maximum Gasteiger partial charge on any atom is 0.238 e. The van der Waals surface area contributed by atoms with Gasteiger partial charge in [-0.3, -0.25) is 4.57 Å². The molecular formula is C48H33N5. The molecule has 0 saturated heterocycles. The Morgan fingerprint density at radius 3 is 1.68 bits per heavy atom. The Morgan fingerprint density at radius 1 is 0.415 bits per heavy atom. The molecule has 3 heterocycles. The summed E-state index contributed by atoms with van der Waals surface area (Å²) >= 11 is 0. The molecule has 0 saturated carbocycles. The summed E-state index contributed by atoms with van der Waals surface area (Å²) in [7, 11) is 0. The number of fused-ring (bicyclic) bond motifs is 10. The van der Waals surface area contributed by atoms with E-state index >= 15 is 0 Å². The van der Waals surface area contributed by atoms with E-state index in [1.54, 1.807) is 0 Å². The monoisotopic (exact) mass is 679 g/mol. The van der Waals surface area contributed by atoms with E-state index in [0.717, 1.165) is 44.1 Å². The van der Waals surface area contributed by atoms with Crippen molar-refractivity contribution >= 4 is 43.6 Å². The van der Waals surface area contributed by atoms with Crippen LogP contribution < -0.4 is 0 Å². The first-order valence-corrected chi connectivity index (χ1v) is 18.1. The third-order valence-electron chi connectivity index (χ3n) is 11.2. The number of benzene rings is 7. The molecule has 1 aliphatic carbocycles. The second kappa shape index (κ2) is 11.1. The highest BCUT2D eigenvalue weighted by Gasteiger charge is 2.38. The van der Waals surface area contributed by atoms with Gasteiger partial charge in [-0.15, -0.1) is 0 Å². The Labute approximate surface area is 306 Å². The van der Waals surface area contributed by atoms with Crippen LogP contribution in [-0.4, -0.2) is 24.1 Å². The molecule has 5 heteroatoms. The molecule has 1 aliphatic rings. The lowest BCUT2D eigenvalue weighted by Gasteiger charge is -2.24. The zero-order valence-electron chi connectivity index (χ0n) is 29.3. The van der Waals surface area contributed by atoms with Gasteiger partial charge < -0.3 is 4.57 Å². The molecular weight excluding hydrogens is 647 g/mol. The van der Waals surface area contributed by atoms with Crippen molar-refractivity contribution in [3.05, 3.63) is 175 Å². The van der Waals surface area contributed by atoms with Gasteiger partial charge in [0, 0.05) is 38.1 Å². The summed E-state index contributed by atoms with van der Waals surface area (Å²) in [6.45, 7) is 4.72. The molecule has 250 valence electrons. The highest BCUT2D eigenvalue weighted by Crippen LogP contribution is 2.53. The zero-order chi connectivity index (χ0) is 35.3. The minimum atomic E-state index is -0.205. The average molecular weight is 680 g/mol. The molecule has 0 N–H and O–H groups in total. The van der Waals surface area contributed by atoms with E-state index < -0.39 is 0 Å². The summed E-state index contributed by atoms with van der Waals surface area (Å²) in [6, 6.07) is 58.0. The van der Waals surface area contributed by atoms with Crippen LogP contribution in [0.15, 0.2) is 164 Å². The largest absolute Gasteiger partial charge is 0.308 e. The van der Waals surface area contributed by atoms with Crippen molar-refractivity contribution in [2.45, 2.75) is 19.3 Å². The second-order valence-corrected chi connectivity index (χ2v) is 14.4. The summed E-state index contributed by atoms with van der Waals surface area (Å²) in [6.07, 6.45) is 0. The topological polar surface area (TPSA) is 48.5 Å². The van der Waals surface area contributed by atoms with Gasteiger partial charge in [0.2, 0.25) is 5.95 Å². The molecule has 0 atom stereocenters. The summed E-state index contributed by atoms with van der Waals surface area (Å²) in [4.78, 5) is 15.8. The van der Waals surface area contributed by atoms with Gasteiger partial charge in [-0.1, -0.05) is 147 Å². The summed E-state index contributed by atoms with van der Waals surface area (Å²) in [5.41, 5.74) is 12.5. The molecule has 11 rings (SSSR count). The van der Waals surface area contributed by atoms with E-state index in [4.69, 9.17) is 15.0 Å². The van der Waals surface area contributed by atoms with Gasteiger partial charge in [-0.25, -0.2) is 4.98 Å². The Morgan fingerprint density at radius 2 is 0.962 bits per heavy atom. The Balaban J connectivity index is 1.23. The number of rotatable bonds is 4. The van der Waals surface area contributed by atoms with Gasteiger partial charge >= 0.3 is 0 Å². The van der Waals surface area contributed by atoms with E-state index in [2.05, 4.69) is 169 Å². The quantitative estimate of drug-likeness (QED) is 0.186. The van der Waals surface area contributed by atoms with Gasteiger partial charge in [0.1, 0.15) is 0 Å². The van der Waals surface area contributed by atoms with Crippen molar-refractivity contribution in [2.24, 2.45) is 0 Å². The van der Waals surface area contributed by atoms with Crippen LogP contribution >= 0.6 is 0 Å². The fraction of sp³-hybridized carbons (Fsp3) is 0.0625. The molecule has 0 unspecified atom stereocenters. The Hall–Kier alpha value is -6.85. The van der Waals surface area contributed by atoms with Crippen LogP contribution in [0.5, 0.6) is 0 Å². The lowest BCUT2D eigenvalue weighted by Crippen LogP contribution is -2.16. The third kappa shape index (κ3) is 4.22. The molecule has 53 heavy (non-hydrogen) atoms. The molecule has 0 bridgehead atoms. The summed E-state index contributed by atoms with van der Waals surface area (Å²) < 4.78 is 4.64. The first-order chi connectivity index (χ1) is 26.1. The maximum atomic E-state index is 5.36. The van der Waals surface area contributed by atoms with Crippen LogP contribution in [-0.2, 0) is 5.41 Å². The molecule has 0 amide bonds. The van der Waals surface area contributed by atoms with Crippen LogP contribution in [0, 0.1) is 0 Å². The van der Waals surface area contributed by atoms with E-state index in [9.17, 15) is 0 Å². The molecule has 5 nitrogen and oxygen atoms in total. The summed E-state index contributed by atoms with van der Waals surface area (Å²) in [5, 5.41) is 4.78. The molecule has 0 aliphatic heterocycles. The Bertz CT molecular complexity index is 3040. The van der Waals surface area contributed by atoms with Gasteiger partial charge in [0.25, 0.3) is 0 Å². The normalized spacial score (nSPS) is 13.2. The van der Waals surface area contributed by atoms with Crippen molar-refractivity contribution in [3.63, 3.8) is 0 Å². The lowest BCUT2D eigenvalue weighted by molar-refractivity contribution is 0.664. The SMILES string of the molecule is CC1(C)c2ccccc2-c2ccc3c4ccccc4n(-c4ccccc4-c4nc(-c5ccccc5)nc(-n5c6ccccc6c6ccccc65)n4)c3c21. The van der Waals surface area contributed by atoms with Gasteiger partial charge in [-0.2, -0.15) is 9.97 Å². The van der Waals surface area contributed by atoms with E-state index in [0.29, 0.717) is 17.6 Å². The molecule has 0 spiro atoms. The van der Waals surface area contributed by atoms with Crippen molar-refractivity contribution in [1.29, 1.82) is 0 Å². The maximum absolute atomic E-state index is 5.36. The van der Waals surface area contributed by atoms with Gasteiger partial charge in [-0.05, 0) is 52.6 Å². The van der Waals surface area contributed by atoms with E-state index in [-0.39, 0.29) is 5.41 Å². The predicted octanol–water partition coefficient (Wildman–Crippen LogP) is 11.7. The number of aromatic nitrogens is 5. The fourth-order valence-electron chi connectivity index (χ4n) is 8.86. The number of para-hydroxylation sites is 4. The van der Waals surface area contributed by atoms with Crippen LogP contribution in [0.4, 0.5) is 0 Å². The molecule has 7 aromatic carbocycles. The minimum absolute atomic E-state index is 0.205. The third-order valence-corrected chi connectivity index (χ3v) is 11.2. The summed E-state index contributed by atoms with van der Waals surface area (Å²) in [5.74, 6) is 1.83. The van der Waals surface area contributed by atoms with Crippen LogP contribution in [0.25, 0.3) is 89.2 Å². The first-order valence-electron chi connectivity index (χ1n) is 18.1. The van der Waals surface area contributed by atoms with Crippen LogP contribution in [0.1, 0.15) is 25.0 Å². The van der Waals surface area contributed by atoms with Crippen LogP contribution in [0.3, 0.4) is 0 Å². The second-order valence-electron chi connectivity index (χ2n) is 14.4. The predicted molar refractivity (Wildman–Crippen MR) is 217 cm³/mol. The highest BCUT2D eigenvalue weighted by molar-refractivity contribution is 6.13.